The Morgan fingerprint density at radius 1 is 1.39 bits per heavy atom. The molecule has 0 unspecified atom stereocenters. The SMILES string of the molecule is CCC(CC)(CNc1ccc(C#N)cc1F)SC. The van der Waals surface area contributed by atoms with Crippen LogP contribution in [0.1, 0.15) is 32.3 Å². The van der Waals surface area contributed by atoms with Crippen molar-refractivity contribution < 1.29 is 4.39 Å². The van der Waals surface area contributed by atoms with Crippen molar-refractivity contribution in [2.45, 2.75) is 31.4 Å². The first-order valence-electron chi connectivity index (χ1n) is 6.09. The lowest BCUT2D eigenvalue weighted by molar-refractivity contribution is 0.570. The van der Waals surface area contributed by atoms with Crippen molar-refractivity contribution >= 4 is 17.4 Å². The Kier molecular flexibility index (Phi) is 5.49. The number of thioether (sulfide) groups is 1. The number of rotatable bonds is 6. The molecule has 1 N–H and O–H groups in total. The Balaban J connectivity index is 2.77. The lowest BCUT2D eigenvalue weighted by Crippen LogP contribution is -2.32. The highest BCUT2D eigenvalue weighted by Crippen LogP contribution is 2.31. The largest absolute Gasteiger partial charge is 0.381 e. The van der Waals surface area contributed by atoms with Gasteiger partial charge in [0, 0.05) is 11.3 Å². The highest BCUT2D eigenvalue weighted by Gasteiger charge is 2.24. The Labute approximate surface area is 113 Å². The van der Waals surface area contributed by atoms with Crippen molar-refractivity contribution in [1.29, 1.82) is 5.26 Å². The van der Waals surface area contributed by atoms with Crippen LogP contribution >= 0.6 is 11.8 Å². The van der Waals surface area contributed by atoms with Crippen LogP contribution in [0, 0.1) is 17.1 Å². The fourth-order valence-electron chi connectivity index (χ4n) is 1.85. The summed E-state index contributed by atoms with van der Waals surface area (Å²) >= 11 is 1.81. The van der Waals surface area contributed by atoms with E-state index in [0.29, 0.717) is 11.3 Å². The van der Waals surface area contributed by atoms with E-state index in [1.54, 1.807) is 12.1 Å². The molecule has 0 bridgehead atoms. The maximum absolute atomic E-state index is 13.7. The number of anilines is 1. The minimum absolute atomic E-state index is 0.139. The van der Waals surface area contributed by atoms with E-state index in [4.69, 9.17) is 5.26 Å². The number of halogens is 1. The van der Waals surface area contributed by atoms with Crippen LogP contribution in [0.15, 0.2) is 18.2 Å². The first-order valence-corrected chi connectivity index (χ1v) is 7.32. The minimum Gasteiger partial charge on any atom is -0.381 e. The van der Waals surface area contributed by atoms with Gasteiger partial charge in [-0.1, -0.05) is 13.8 Å². The van der Waals surface area contributed by atoms with Gasteiger partial charge in [-0.3, -0.25) is 0 Å². The zero-order chi connectivity index (χ0) is 13.6. The van der Waals surface area contributed by atoms with E-state index in [2.05, 4.69) is 25.4 Å². The normalized spacial score (nSPS) is 11.1. The van der Waals surface area contributed by atoms with Crippen LogP contribution in [-0.2, 0) is 0 Å². The van der Waals surface area contributed by atoms with Crippen molar-refractivity contribution in [2.24, 2.45) is 0 Å². The molecule has 1 aromatic rings. The Morgan fingerprint density at radius 3 is 2.50 bits per heavy atom. The molecule has 0 heterocycles. The molecule has 4 heteroatoms. The smallest absolute Gasteiger partial charge is 0.147 e. The first-order chi connectivity index (χ1) is 8.60. The number of nitriles is 1. The zero-order valence-corrected chi connectivity index (χ0v) is 11.9. The molecule has 0 saturated heterocycles. The molecule has 0 fully saturated rings. The van der Waals surface area contributed by atoms with Gasteiger partial charge in [-0.2, -0.15) is 17.0 Å². The molecule has 0 radical (unpaired) electrons. The van der Waals surface area contributed by atoms with Gasteiger partial charge >= 0.3 is 0 Å². The third kappa shape index (κ3) is 3.39. The van der Waals surface area contributed by atoms with E-state index in [-0.39, 0.29) is 10.6 Å². The zero-order valence-electron chi connectivity index (χ0n) is 11.1. The Morgan fingerprint density at radius 2 is 2.06 bits per heavy atom. The summed E-state index contributed by atoms with van der Waals surface area (Å²) in [7, 11) is 0. The molecule has 0 atom stereocenters. The highest BCUT2D eigenvalue weighted by molar-refractivity contribution is 8.00. The molecule has 0 aromatic heterocycles. The maximum Gasteiger partial charge on any atom is 0.147 e. The molecule has 1 rings (SSSR count). The van der Waals surface area contributed by atoms with Gasteiger partial charge in [-0.15, -0.1) is 0 Å². The van der Waals surface area contributed by atoms with Crippen LogP contribution in [0.5, 0.6) is 0 Å². The third-order valence-corrected chi connectivity index (χ3v) is 5.01. The van der Waals surface area contributed by atoms with E-state index >= 15 is 0 Å². The summed E-state index contributed by atoms with van der Waals surface area (Å²) in [6, 6.07) is 6.45. The summed E-state index contributed by atoms with van der Waals surface area (Å²) in [6.45, 7) is 5.03. The van der Waals surface area contributed by atoms with Crippen LogP contribution in [0.4, 0.5) is 10.1 Å². The quantitative estimate of drug-likeness (QED) is 0.844. The van der Waals surface area contributed by atoms with Crippen LogP contribution in [0.3, 0.4) is 0 Å². The molecular formula is C14H19FN2S. The molecular weight excluding hydrogens is 247 g/mol. The molecule has 0 spiro atoms. The molecule has 1 aromatic carbocycles. The predicted octanol–water partition coefficient (Wildman–Crippen LogP) is 4.03. The third-order valence-electron chi connectivity index (χ3n) is 3.42. The van der Waals surface area contributed by atoms with Gasteiger partial charge < -0.3 is 5.32 Å². The second-order valence-corrected chi connectivity index (χ2v) is 5.53. The number of nitrogens with zero attached hydrogens (tertiary/aromatic N) is 1. The molecule has 0 aliphatic heterocycles. The molecule has 2 nitrogen and oxygen atoms in total. The highest BCUT2D eigenvalue weighted by atomic mass is 32.2. The predicted molar refractivity (Wildman–Crippen MR) is 76.4 cm³/mol. The topological polar surface area (TPSA) is 35.8 Å². The summed E-state index contributed by atoms with van der Waals surface area (Å²) in [5.74, 6) is -0.365. The monoisotopic (exact) mass is 266 g/mol. The Bertz CT molecular complexity index is 428. The van der Waals surface area contributed by atoms with Crippen LogP contribution in [0.25, 0.3) is 0 Å². The molecule has 18 heavy (non-hydrogen) atoms. The van der Waals surface area contributed by atoms with Gasteiger partial charge in [0.15, 0.2) is 0 Å². The van der Waals surface area contributed by atoms with Crippen molar-refractivity contribution in [2.75, 3.05) is 18.1 Å². The van der Waals surface area contributed by atoms with Crippen LogP contribution < -0.4 is 5.32 Å². The summed E-state index contributed by atoms with van der Waals surface area (Å²) in [5, 5.41) is 11.8. The van der Waals surface area contributed by atoms with E-state index in [1.807, 2.05) is 17.8 Å². The summed E-state index contributed by atoms with van der Waals surface area (Å²) in [5.41, 5.74) is 0.814. The number of hydrogen-bond acceptors (Lipinski definition) is 3. The van der Waals surface area contributed by atoms with Crippen molar-refractivity contribution in [3.8, 4) is 6.07 Å². The van der Waals surface area contributed by atoms with E-state index in [1.165, 1.54) is 6.07 Å². The summed E-state index contributed by atoms with van der Waals surface area (Å²) in [4.78, 5) is 0. The van der Waals surface area contributed by atoms with Crippen molar-refractivity contribution in [1.82, 2.24) is 0 Å². The summed E-state index contributed by atoms with van der Waals surface area (Å²) in [6.07, 6.45) is 4.16. The van der Waals surface area contributed by atoms with Crippen LogP contribution in [0.2, 0.25) is 0 Å². The maximum atomic E-state index is 13.7. The van der Waals surface area contributed by atoms with Gasteiger partial charge in [0.1, 0.15) is 5.82 Å². The molecule has 0 saturated carbocycles. The fourth-order valence-corrected chi connectivity index (χ4v) is 2.64. The number of benzene rings is 1. The van der Waals surface area contributed by atoms with Gasteiger partial charge in [0.05, 0.1) is 17.3 Å². The lowest BCUT2D eigenvalue weighted by atomic mass is 10.0. The van der Waals surface area contributed by atoms with Crippen molar-refractivity contribution in [3.63, 3.8) is 0 Å². The lowest BCUT2D eigenvalue weighted by Gasteiger charge is -2.30. The molecule has 0 aliphatic rings. The number of hydrogen-bond donors (Lipinski definition) is 1. The molecule has 98 valence electrons. The average Bonchev–Trinajstić information content (AvgIpc) is 2.42. The Hall–Kier alpha value is -1.21. The van der Waals surface area contributed by atoms with Gasteiger partial charge in [-0.05, 0) is 37.3 Å². The average molecular weight is 266 g/mol. The fraction of sp³-hybridized carbons (Fsp3) is 0.500. The standard InChI is InChI=1S/C14H19FN2S/c1-4-14(5-2,18-3)10-17-13-7-6-11(9-16)8-12(13)15/h6-8,17H,4-5,10H2,1-3H3. The van der Waals surface area contributed by atoms with Gasteiger partial charge in [0.2, 0.25) is 0 Å². The van der Waals surface area contributed by atoms with E-state index in [9.17, 15) is 4.39 Å². The minimum atomic E-state index is -0.365. The molecule has 0 amide bonds. The van der Waals surface area contributed by atoms with Crippen LogP contribution in [-0.4, -0.2) is 17.5 Å². The van der Waals surface area contributed by atoms with E-state index in [0.717, 1.165) is 19.4 Å². The van der Waals surface area contributed by atoms with Gasteiger partial charge in [-0.25, -0.2) is 4.39 Å². The molecule has 0 aliphatic carbocycles. The van der Waals surface area contributed by atoms with Crippen molar-refractivity contribution in [3.05, 3.63) is 29.6 Å². The number of nitrogens with one attached hydrogen (secondary N) is 1. The summed E-state index contributed by atoms with van der Waals surface area (Å²) < 4.78 is 13.8. The first kappa shape index (κ1) is 14.8. The second kappa shape index (κ2) is 6.65. The van der Waals surface area contributed by atoms with E-state index < -0.39 is 0 Å². The van der Waals surface area contributed by atoms with Gasteiger partial charge in [0.25, 0.3) is 0 Å². The second-order valence-electron chi connectivity index (χ2n) is 4.25.